The molecule has 0 atom stereocenters. The zero-order chi connectivity index (χ0) is 11.5. The van der Waals surface area contributed by atoms with Gasteiger partial charge in [-0.1, -0.05) is 12.1 Å². The highest BCUT2D eigenvalue weighted by atomic mass is 16.4. The van der Waals surface area contributed by atoms with E-state index in [2.05, 4.69) is 0 Å². The number of benzene rings is 1. The third-order valence-corrected chi connectivity index (χ3v) is 2.75. The fraction of sp³-hybridized carbons (Fsp3) is 0.333. The molecule has 1 fully saturated rings. The second-order valence-corrected chi connectivity index (χ2v) is 3.92. The average Bonchev–Trinajstić information content (AvgIpc) is 2.65. The Balaban J connectivity index is 2.05. The SMILES string of the molecule is O=C(O)c1ccc(CN2CCCC2=O)cc1. The van der Waals surface area contributed by atoms with Gasteiger partial charge in [-0.3, -0.25) is 4.79 Å². The highest BCUT2D eigenvalue weighted by Gasteiger charge is 2.19. The molecule has 0 spiro atoms. The molecule has 1 N–H and O–H groups in total. The molecule has 0 aliphatic carbocycles. The number of carboxylic acids is 1. The molecule has 16 heavy (non-hydrogen) atoms. The summed E-state index contributed by atoms with van der Waals surface area (Å²) in [7, 11) is 0. The summed E-state index contributed by atoms with van der Waals surface area (Å²) in [5.41, 5.74) is 1.25. The van der Waals surface area contributed by atoms with Gasteiger partial charge in [0.05, 0.1) is 5.56 Å². The smallest absolute Gasteiger partial charge is 0.335 e. The van der Waals surface area contributed by atoms with E-state index in [0.29, 0.717) is 13.0 Å². The molecule has 0 unspecified atom stereocenters. The van der Waals surface area contributed by atoms with E-state index in [4.69, 9.17) is 5.11 Å². The third-order valence-electron chi connectivity index (χ3n) is 2.75. The van der Waals surface area contributed by atoms with Crippen LogP contribution in [0.5, 0.6) is 0 Å². The molecule has 1 saturated heterocycles. The highest BCUT2D eigenvalue weighted by molar-refractivity contribution is 5.87. The van der Waals surface area contributed by atoms with Crippen LogP contribution in [0.1, 0.15) is 28.8 Å². The van der Waals surface area contributed by atoms with Crippen LogP contribution in [0, 0.1) is 0 Å². The van der Waals surface area contributed by atoms with Crippen LogP contribution in [0.4, 0.5) is 0 Å². The minimum absolute atomic E-state index is 0.183. The Bertz CT molecular complexity index is 411. The van der Waals surface area contributed by atoms with E-state index in [-0.39, 0.29) is 11.5 Å². The second kappa shape index (κ2) is 4.35. The molecule has 1 aliphatic rings. The second-order valence-electron chi connectivity index (χ2n) is 3.92. The summed E-state index contributed by atoms with van der Waals surface area (Å²) in [6.45, 7) is 1.39. The largest absolute Gasteiger partial charge is 0.478 e. The van der Waals surface area contributed by atoms with Crippen molar-refractivity contribution in [3.8, 4) is 0 Å². The number of hydrogen-bond acceptors (Lipinski definition) is 2. The van der Waals surface area contributed by atoms with E-state index in [9.17, 15) is 9.59 Å². The fourth-order valence-corrected chi connectivity index (χ4v) is 1.84. The summed E-state index contributed by atoms with van der Waals surface area (Å²) >= 11 is 0. The Morgan fingerprint density at radius 3 is 2.50 bits per heavy atom. The first-order valence-corrected chi connectivity index (χ1v) is 5.27. The van der Waals surface area contributed by atoms with Gasteiger partial charge in [0.2, 0.25) is 5.91 Å². The first-order valence-electron chi connectivity index (χ1n) is 5.27. The zero-order valence-corrected chi connectivity index (χ0v) is 8.85. The molecule has 1 aliphatic heterocycles. The van der Waals surface area contributed by atoms with E-state index in [0.717, 1.165) is 18.5 Å². The molecular formula is C12H13NO3. The normalized spacial score (nSPS) is 15.5. The van der Waals surface area contributed by atoms with Crippen molar-refractivity contribution < 1.29 is 14.7 Å². The van der Waals surface area contributed by atoms with Crippen molar-refractivity contribution in [2.45, 2.75) is 19.4 Å². The lowest BCUT2D eigenvalue weighted by Gasteiger charge is -2.15. The summed E-state index contributed by atoms with van der Waals surface area (Å²) in [5, 5.41) is 8.74. The molecule has 1 heterocycles. The Kier molecular flexibility index (Phi) is 2.90. The van der Waals surface area contributed by atoms with E-state index in [1.807, 2.05) is 0 Å². The molecule has 0 aromatic heterocycles. The topological polar surface area (TPSA) is 57.6 Å². The lowest BCUT2D eigenvalue weighted by atomic mass is 10.1. The van der Waals surface area contributed by atoms with Gasteiger partial charge in [-0.15, -0.1) is 0 Å². The molecule has 1 aromatic rings. The summed E-state index contributed by atoms with van der Waals surface area (Å²) in [6.07, 6.45) is 1.55. The molecule has 4 nitrogen and oxygen atoms in total. The molecule has 0 radical (unpaired) electrons. The zero-order valence-electron chi connectivity index (χ0n) is 8.85. The van der Waals surface area contributed by atoms with E-state index in [1.165, 1.54) is 0 Å². The van der Waals surface area contributed by atoms with Crippen molar-refractivity contribution in [3.05, 3.63) is 35.4 Å². The van der Waals surface area contributed by atoms with Crippen LogP contribution < -0.4 is 0 Å². The highest BCUT2D eigenvalue weighted by Crippen LogP contribution is 2.14. The van der Waals surface area contributed by atoms with Gasteiger partial charge in [0.1, 0.15) is 0 Å². The van der Waals surface area contributed by atoms with Gasteiger partial charge >= 0.3 is 5.97 Å². The van der Waals surface area contributed by atoms with Gasteiger partial charge in [0.15, 0.2) is 0 Å². The number of rotatable bonds is 3. The van der Waals surface area contributed by atoms with Crippen molar-refractivity contribution in [2.24, 2.45) is 0 Å². The van der Waals surface area contributed by atoms with Gasteiger partial charge in [0, 0.05) is 19.5 Å². The number of nitrogens with zero attached hydrogens (tertiary/aromatic N) is 1. The lowest BCUT2D eigenvalue weighted by molar-refractivity contribution is -0.128. The van der Waals surface area contributed by atoms with Gasteiger partial charge < -0.3 is 10.0 Å². The predicted molar refractivity (Wildman–Crippen MR) is 58.1 cm³/mol. The van der Waals surface area contributed by atoms with Crippen LogP contribution in [-0.2, 0) is 11.3 Å². The van der Waals surface area contributed by atoms with Crippen molar-refractivity contribution in [2.75, 3.05) is 6.54 Å². The van der Waals surface area contributed by atoms with Crippen molar-refractivity contribution in [1.82, 2.24) is 4.90 Å². The van der Waals surface area contributed by atoms with Gasteiger partial charge in [-0.25, -0.2) is 4.79 Å². The molecule has 0 bridgehead atoms. The Morgan fingerprint density at radius 2 is 2.00 bits per heavy atom. The van der Waals surface area contributed by atoms with Crippen molar-refractivity contribution in [1.29, 1.82) is 0 Å². The van der Waals surface area contributed by atoms with Crippen LogP contribution in [0.3, 0.4) is 0 Å². The molecule has 0 saturated carbocycles. The average molecular weight is 219 g/mol. The first kappa shape index (κ1) is 10.7. The van der Waals surface area contributed by atoms with Crippen LogP contribution in [0.2, 0.25) is 0 Å². The quantitative estimate of drug-likeness (QED) is 0.838. The molecule has 4 heteroatoms. The van der Waals surface area contributed by atoms with Crippen molar-refractivity contribution in [3.63, 3.8) is 0 Å². The summed E-state index contributed by atoms with van der Waals surface area (Å²) in [6, 6.07) is 6.65. The third kappa shape index (κ3) is 2.21. The van der Waals surface area contributed by atoms with Crippen LogP contribution >= 0.6 is 0 Å². The predicted octanol–water partition coefficient (Wildman–Crippen LogP) is 1.51. The Hall–Kier alpha value is -1.84. The fourth-order valence-electron chi connectivity index (χ4n) is 1.84. The summed E-state index contributed by atoms with van der Waals surface area (Å²) < 4.78 is 0. The Morgan fingerprint density at radius 1 is 1.31 bits per heavy atom. The van der Waals surface area contributed by atoms with Gasteiger partial charge in [-0.05, 0) is 24.1 Å². The number of carbonyl (C=O) groups is 2. The minimum Gasteiger partial charge on any atom is -0.478 e. The number of likely N-dealkylation sites (tertiary alicyclic amines) is 1. The molecule has 1 aromatic carbocycles. The first-order chi connectivity index (χ1) is 7.66. The van der Waals surface area contributed by atoms with Crippen LogP contribution in [0.25, 0.3) is 0 Å². The molecule has 84 valence electrons. The Labute approximate surface area is 93.5 Å². The summed E-state index contributed by atoms with van der Waals surface area (Å²) in [4.78, 5) is 23.8. The van der Waals surface area contributed by atoms with E-state index in [1.54, 1.807) is 29.2 Å². The van der Waals surface area contributed by atoms with Gasteiger partial charge in [0.25, 0.3) is 0 Å². The monoisotopic (exact) mass is 219 g/mol. The molecular weight excluding hydrogens is 206 g/mol. The molecule has 2 rings (SSSR count). The number of hydrogen-bond donors (Lipinski definition) is 1. The minimum atomic E-state index is -0.927. The van der Waals surface area contributed by atoms with Crippen LogP contribution in [-0.4, -0.2) is 28.4 Å². The van der Waals surface area contributed by atoms with E-state index >= 15 is 0 Å². The standard InChI is InChI=1S/C12H13NO3/c14-11-2-1-7-13(11)8-9-3-5-10(6-4-9)12(15)16/h3-6H,1-2,7-8H2,(H,15,16). The lowest BCUT2D eigenvalue weighted by Crippen LogP contribution is -2.23. The number of aromatic carboxylic acids is 1. The maximum absolute atomic E-state index is 11.4. The number of carbonyl (C=O) groups excluding carboxylic acids is 1. The molecule has 1 amide bonds. The summed E-state index contributed by atoms with van der Waals surface area (Å²) in [5.74, 6) is -0.744. The van der Waals surface area contributed by atoms with Gasteiger partial charge in [-0.2, -0.15) is 0 Å². The van der Waals surface area contributed by atoms with Crippen molar-refractivity contribution >= 4 is 11.9 Å². The maximum Gasteiger partial charge on any atom is 0.335 e. The maximum atomic E-state index is 11.4. The van der Waals surface area contributed by atoms with E-state index < -0.39 is 5.97 Å². The number of carboxylic acid groups (broad SMARTS) is 1. The number of amides is 1. The van der Waals surface area contributed by atoms with Crippen LogP contribution in [0.15, 0.2) is 24.3 Å².